The molecule has 94 valence electrons. The molecule has 0 fully saturated rings. The zero-order chi connectivity index (χ0) is 13.1. The normalized spacial score (nSPS) is 10.6. The molecule has 2 rings (SSSR count). The molecule has 0 aliphatic carbocycles. The van der Waals surface area contributed by atoms with E-state index in [1.165, 1.54) is 30.1 Å². The van der Waals surface area contributed by atoms with Gasteiger partial charge in [-0.15, -0.1) is 0 Å². The third-order valence-corrected chi connectivity index (χ3v) is 3.32. The van der Waals surface area contributed by atoms with Crippen molar-refractivity contribution in [3.05, 3.63) is 40.3 Å². The van der Waals surface area contributed by atoms with Crippen molar-refractivity contribution in [1.82, 2.24) is 14.5 Å². The van der Waals surface area contributed by atoms with E-state index >= 15 is 0 Å². The molecule has 2 aromatic heterocycles. The topological polar surface area (TPSA) is 94.1 Å². The fourth-order valence-corrected chi connectivity index (χ4v) is 2.17. The maximum atomic E-state index is 10.6. The van der Waals surface area contributed by atoms with Crippen molar-refractivity contribution in [3.8, 4) is 0 Å². The number of rotatable bonds is 4. The van der Waals surface area contributed by atoms with Crippen molar-refractivity contribution < 1.29 is 10.0 Å². The van der Waals surface area contributed by atoms with Crippen molar-refractivity contribution in [1.29, 1.82) is 0 Å². The van der Waals surface area contributed by atoms with E-state index in [0.29, 0.717) is 15.9 Å². The number of imidazole rings is 1. The molecule has 0 saturated carbocycles. The average Bonchev–Trinajstić information content (AvgIpc) is 2.71. The zero-order valence-electron chi connectivity index (χ0n) is 9.48. The van der Waals surface area contributed by atoms with Gasteiger partial charge in [0, 0.05) is 25.4 Å². The molecule has 2 aromatic rings. The molecule has 0 unspecified atom stereocenters. The summed E-state index contributed by atoms with van der Waals surface area (Å²) in [7, 11) is 1.76. The Morgan fingerprint density at radius 2 is 2.33 bits per heavy atom. The highest BCUT2D eigenvalue weighted by molar-refractivity contribution is 7.99. The van der Waals surface area contributed by atoms with Gasteiger partial charge in [-0.3, -0.25) is 10.1 Å². The molecule has 0 radical (unpaired) electrons. The van der Waals surface area contributed by atoms with E-state index in [1.54, 1.807) is 17.8 Å². The van der Waals surface area contributed by atoms with Gasteiger partial charge in [0.15, 0.2) is 5.16 Å². The minimum atomic E-state index is -0.469. The third kappa shape index (κ3) is 2.49. The predicted octanol–water partition coefficient (Wildman–Crippen LogP) is 1.37. The maximum absolute atomic E-state index is 10.6. The fraction of sp³-hybridized carbons (Fsp3) is 0.200. The Kier molecular flexibility index (Phi) is 3.58. The van der Waals surface area contributed by atoms with Crippen LogP contribution in [0.15, 0.2) is 34.7 Å². The van der Waals surface area contributed by atoms with E-state index in [9.17, 15) is 10.1 Å². The van der Waals surface area contributed by atoms with Gasteiger partial charge in [0.25, 0.3) is 5.69 Å². The predicted molar refractivity (Wildman–Crippen MR) is 64.1 cm³/mol. The first-order chi connectivity index (χ1) is 8.61. The molecule has 0 amide bonds. The van der Waals surface area contributed by atoms with E-state index in [0.717, 1.165) is 0 Å². The second-order valence-corrected chi connectivity index (χ2v) is 4.45. The van der Waals surface area contributed by atoms with Gasteiger partial charge in [-0.25, -0.2) is 9.97 Å². The van der Waals surface area contributed by atoms with Crippen LogP contribution in [0.25, 0.3) is 0 Å². The monoisotopic (exact) mass is 266 g/mol. The van der Waals surface area contributed by atoms with Crippen LogP contribution in [0.3, 0.4) is 0 Å². The molecule has 0 saturated heterocycles. The van der Waals surface area contributed by atoms with Crippen LogP contribution in [0.1, 0.15) is 5.69 Å². The van der Waals surface area contributed by atoms with Gasteiger partial charge in [-0.2, -0.15) is 0 Å². The number of hydrogen-bond acceptors (Lipinski definition) is 6. The number of nitro groups is 1. The van der Waals surface area contributed by atoms with Gasteiger partial charge in [0.05, 0.1) is 23.4 Å². The van der Waals surface area contributed by atoms with Crippen LogP contribution in [-0.4, -0.2) is 24.6 Å². The lowest BCUT2D eigenvalue weighted by Crippen LogP contribution is -1.97. The molecule has 0 atom stereocenters. The molecule has 0 aliphatic heterocycles. The Balaban J connectivity index is 2.25. The first kappa shape index (κ1) is 12.5. The Labute approximate surface area is 107 Å². The van der Waals surface area contributed by atoms with Crippen molar-refractivity contribution in [3.63, 3.8) is 0 Å². The second kappa shape index (κ2) is 5.15. The molecule has 0 bridgehead atoms. The van der Waals surface area contributed by atoms with E-state index < -0.39 is 4.92 Å². The lowest BCUT2D eigenvalue weighted by molar-refractivity contribution is -0.385. The summed E-state index contributed by atoms with van der Waals surface area (Å²) in [5.74, 6) is 0. The van der Waals surface area contributed by atoms with Crippen molar-refractivity contribution in [2.75, 3.05) is 0 Å². The molecule has 18 heavy (non-hydrogen) atoms. The van der Waals surface area contributed by atoms with Crippen molar-refractivity contribution >= 4 is 17.4 Å². The largest absolute Gasteiger partial charge is 0.390 e. The lowest BCUT2D eigenvalue weighted by Gasteiger charge is -2.02. The summed E-state index contributed by atoms with van der Waals surface area (Å²) in [5.41, 5.74) is 0.659. The minimum absolute atomic E-state index is 0.0101. The standard InChI is InChI=1S/C10H10N4O3S/c1-13-8(6-15)5-12-10(13)18-9-4-7(14(16)17)2-3-11-9/h2-5,15H,6H2,1H3. The molecule has 0 spiro atoms. The number of aromatic nitrogens is 3. The summed E-state index contributed by atoms with van der Waals surface area (Å²) in [6.45, 7) is -0.105. The quantitative estimate of drug-likeness (QED) is 0.663. The molecule has 0 aromatic carbocycles. The van der Waals surface area contributed by atoms with Crippen LogP contribution >= 0.6 is 11.8 Å². The maximum Gasteiger partial charge on any atom is 0.273 e. The number of hydrogen-bond donors (Lipinski definition) is 1. The summed E-state index contributed by atoms with van der Waals surface area (Å²) < 4.78 is 1.71. The molecule has 8 heteroatoms. The van der Waals surface area contributed by atoms with Crippen molar-refractivity contribution in [2.45, 2.75) is 16.8 Å². The Hall–Kier alpha value is -1.93. The number of nitrogens with zero attached hydrogens (tertiary/aromatic N) is 4. The van der Waals surface area contributed by atoms with Crippen LogP contribution in [0.2, 0.25) is 0 Å². The first-order valence-corrected chi connectivity index (χ1v) is 5.83. The number of pyridine rings is 1. The molecule has 0 aliphatic rings. The van der Waals surface area contributed by atoms with Crippen molar-refractivity contribution in [2.24, 2.45) is 7.05 Å². The molecule has 2 heterocycles. The van der Waals surface area contributed by atoms with Gasteiger partial charge >= 0.3 is 0 Å². The average molecular weight is 266 g/mol. The van der Waals surface area contributed by atoms with Gasteiger partial charge in [0.2, 0.25) is 0 Å². The second-order valence-electron chi connectivity index (χ2n) is 3.46. The summed E-state index contributed by atoms with van der Waals surface area (Å²) in [4.78, 5) is 18.3. The number of aliphatic hydroxyl groups is 1. The van der Waals surface area contributed by atoms with Crippen LogP contribution < -0.4 is 0 Å². The first-order valence-electron chi connectivity index (χ1n) is 5.01. The van der Waals surface area contributed by atoms with Crippen LogP contribution in [-0.2, 0) is 13.7 Å². The SMILES string of the molecule is Cn1c(CO)cnc1Sc1cc([N+](=O)[O-])ccn1. The van der Waals surface area contributed by atoms with Crippen LogP contribution in [0.5, 0.6) is 0 Å². The Bertz CT molecular complexity index is 584. The summed E-state index contributed by atoms with van der Waals surface area (Å²) in [6, 6.07) is 2.72. The molecular formula is C10H10N4O3S. The van der Waals surface area contributed by atoms with E-state index in [1.807, 2.05) is 0 Å². The summed E-state index contributed by atoms with van der Waals surface area (Å²) in [5, 5.41) is 20.8. The molecule has 1 N–H and O–H groups in total. The van der Waals surface area contributed by atoms with E-state index in [-0.39, 0.29) is 12.3 Å². The highest BCUT2D eigenvalue weighted by atomic mass is 32.2. The van der Waals surface area contributed by atoms with E-state index in [4.69, 9.17) is 5.11 Å². The Morgan fingerprint density at radius 3 is 2.94 bits per heavy atom. The van der Waals surface area contributed by atoms with Gasteiger partial charge < -0.3 is 9.67 Å². The molecule has 7 nitrogen and oxygen atoms in total. The third-order valence-electron chi connectivity index (χ3n) is 2.33. The van der Waals surface area contributed by atoms with Gasteiger partial charge in [0.1, 0.15) is 5.03 Å². The summed E-state index contributed by atoms with van der Waals surface area (Å²) >= 11 is 1.21. The van der Waals surface area contributed by atoms with E-state index in [2.05, 4.69) is 9.97 Å². The van der Waals surface area contributed by atoms with Gasteiger partial charge in [-0.1, -0.05) is 0 Å². The minimum Gasteiger partial charge on any atom is -0.390 e. The fourth-order valence-electron chi connectivity index (χ4n) is 1.33. The highest BCUT2D eigenvalue weighted by Gasteiger charge is 2.11. The molecular weight excluding hydrogens is 256 g/mol. The number of aliphatic hydroxyl groups excluding tert-OH is 1. The highest BCUT2D eigenvalue weighted by Crippen LogP contribution is 2.27. The van der Waals surface area contributed by atoms with Crippen LogP contribution in [0.4, 0.5) is 5.69 Å². The zero-order valence-corrected chi connectivity index (χ0v) is 10.3. The smallest absolute Gasteiger partial charge is 0.273 e. The summed E-state index contributed by atoms with van der Waals surface area (Å²) in [6.07, 6.45) is 2.94. The van der Waals surface area contributed by atoms with Gasteiger partial charge in [-0.05, 0) is 11.8 Å². The van der Waals surface area contributed by atoms with Crippen LogP contribution in [0, 0.1) is 10.1 Å². The Morgan fingerprint density at radius 1 is 1.56 bits per heavy atom. The lowest BCUT2D eigenvalue weighted by atomic mass is 10.4.